The van der Waals surface area contributed by atoms with Crippen LogP contribution >= 0.6 is 0 Å². The molecule has 0 radical (unpaired) electrons. The van der Waals surface area contributed by atoms with Crippen molar-refractivity contribution in [1.82, 2.24) is 0 Å². The number of carbonyl (C=O) groups is 2. The van der Waals surface area contributed by atoms with E-state index in [-0.39, 0.29) is 24.3 Å². The lowest BCUT2D eigenvalue weighted by molar-refractivity contribution is -0.143. The molecule has 0 aromatic heterocycles. The molecule has 0 saturated heterocycles. The van der Waals surface area contributed by atoms with E-state index in [0.29, 0.717) is 6.42 Å². The molecule has 0 spiro atoms. The molecule has 25 heavy (non-hydrogen) atoms. The van der Waals surface area contributed by atoms with E-state index in [9.17, 15) is 24.9 Å². The lowest BCUT2D eigenvalue weighted by atomic mass is 9.80. The largest absolute Gasteiger partial charge is 0.508 e. The van der Waals surface area contributed by atoms with Crippen molar-refractivity contribution in [3.63, 3.8) is 0 Å². The fourth-order valence-electron chi connectivity index (χ4n) is 3.14. The summed E-state index contributed by atoms with van der Waals surface area (Å²) in [6, 6.07) is 0. The fourth-order valence-corrected chi connectivity index (χ4v) is 3.14. The van der Waals surface area contributed by atoms with E-state index in [1.54, 1.807) is 19.9 Å². The summed E-state index contributed by atoms with van der Waals surface area (Å²) in [6.07, 6.45) is 1.28. The molecule has 0 amide bonds. The van der Waals surface area contributed by atoms with Crippen LogP contribution in [0.4, 0.5) is 0 Å². The third-order valence-corrected chi connectivity index (χ3v) is 4.77. The molecule has 1 aliphatic rings. The van der Waals surface area contributed by atoms with Gasteiger partial charge in [-0.25, -0.2) is 0 Å². The van der Waals surface area contributed by atoms with Crippen LogP contribution in [0.25, 0.3) is 0 Å². The van der Waals surface area contributed by atoms with Crippen molar-refractivity contribution in [1.29, 1.82) is 0 Å². The molecule has 5 nitrogen and oxygen atoms in total. The molecule has 0 bridgehead atoms. The Morgan fingerprint density at radius 1 is 1.20 bits per heavy atom. The van der Waals surface area contributed by atoms with E-state index in [2.05, 4.69) is 0 Å². The highest BCUT2D eigenvalue weighted by molar-refractivity contribution is 6.02. The van der Waals surface area contributed by atoms with Crippen LogP contribution in [0.3, 0.4) is 0 Å². The minimum Gasteiger partial charge on any atom is -0.508 e. The van der Waals surface area contributed by atoms with Gasteiger partial charge in [0.2, 0.25) is 0 Å². The minimum absolute atomic E-state index is 0.0828. The van der Waals surface area contributed by atoms with Crippen LogP contribution in [-0.4, -0.2) is 38.6 Å². The minimum atomic E-state index is -2.21. The number of Topliss-reactive ketones (excluding diaryl/α,β-unsaturated/α-hetero) is 2. The lowest BCUT2D eigenvalue weighted by Gasteiger charge is -2.30. The van der Waals surface area contributed by atoms with Gasteiger partial charge in [-0.1, -0.05) is 39.3 Å². The summed E-state index contributed by atoms with van der Waals surface area (Å²) >= 11 is 0. The number of rotatable bonds is 8. The first-order valence-electron chi connectivity index (χ1n) is 8.99. The van der Waals surface area contributed by atoms with Crippen LogP contribution in [-0.2, 0) is 9.59 Å². The summed E-state index contributed by atoms with van der Waals surface area (Å²) in [7, 11) is 0. The number of aliphatic hydroxyl groups is 3. The molecule has 0 fully saturated rings. The smallest absolute Gasteiger partial charge is 0.186 e. The average molecular weight is 352 g/mol. The highest BCUT2D eigenvalue weighted by atomic mass is 16.4. The standard InChI is InChI=1S/C20H32O5/c1-11(2)7-9-14-18(23)16(17(22)13(5)6)19(24)20(14,25)15(21)10-8-12(3)4/h7,12-14,18,23-25H,8-10H2,1-6H3. The maximum absolute atomic E-state index is 12.7. The van der Waals surface area contributed by atoms with Gasteiger partial charge in [0.15, 0.2) is 17.2 Å². The van der Waals surface area contributed by atoms with E-state index in [1.807, 2.05) is 27.7 Å². The van der Waals surface area contributed by atoms with Crippen molar-refractivity contribution in [2.45, 2.75) is 72.5 Å². The molecule has 0 aromatic carbocycles. The molecule has 3 unspecified atom stereocenters. The molecular weight excluding hydrogens is 320 g/mol. The summed E-state index contributed by atoms with van der Waals surface area (Å²) < 4.78 is 0. The van der Waals surface area contributed by atoms with Crippen LogP contribution in [0.5, 0.6) is 0 Å². The Kier molecular flexibility index (Phi) is 7.15. The normalized spacial score (nSPS) is 26.5. The van der Waals surface area contributed by atoms with Crippen LogP contribution in [0, 0.1) is 17.8 Å². The monoisotopic (exact) mass is 352 g/mol. The lowest BCUT2D eigenvalue weighted by Crippen LogP contribution is -2.47. The SMILES string of the molecule is CC(C)=CCC1C(O)C(C(=O)C(C)C)=C(O)C1(O)C(=O)CCC(C)C. The zero-order chi connectivity index (χ0) is 19.5. The van der Waals surface area contributed by atoms with Crippen LogP contribution < -0.4 is 0 Å². The molecule has 1 aliphatic carbocycles. The van der Waals surface area contributed by atoms with Crippen molar-refractivity contribution in [3.8, 4) is 0 Å². The van der Waals surface area contributed by atoms with Crippen molar-refractivity contribution in [2.24, 2.45) is 17.8 Å². The van der Waals surface area contributed by atoms with E-state index in [4.69, 9.17) is 0 Å². The summed E-state index contributed by atoms with van der Waals surface area (Å²) in [5, 5.41) is 32.3. The first kappa shape index (κ1) is 21.6. The van der Waals surface area contributed by atoms with E-state index in [1.165, 1.54) is 0 Å². The van der Waals surface area contributed by atoms with Gasteiger partial charge in [0.1, 0.15) is 5.76 Å². The Morgan fingerprint density at radius 3 is 2.20 bits per heavy atom. The van der Waals surface area contributed by atoms with Gasteiger partial charge in [-0.3, -0.25) is 9.59 Å². The molecule has 142 valence electrons. The zero-order valence-electron chi connectivity index (χ0n) is 16.2. The van der Waals surface area contributed by atoms with Crippen molar-refractivity contribution >= 4 is 11.6 Å². The summed E-state index contributed by atoms with van der Waals surface area (Å²) in [6.45, 7) is 11.0. The molecule has 0 aromatic rings. The maximum atomic E-state index is 12.7. The molecule has 0 heterocycles. The van der Waals surface area contributed by atoms with E-state index >= 15 is 0 Å². The van der Waals surface area contributed by atoms with Crippen LogP contribution in [0.2, 0.25) is 0 Å². The quantitative estimate of drug-likeness (QED) is 0.584. The zero-order valence-corrected chi connectivity index (χ0v) is 16.2. The maximum Gasteiger partial charge on any atom is 0.186 e. The Hall–Kier alpha value is -1.46. The van der Waals surface area contributed by atoms with Crippen molar-refractivity contribution in [2.75, 3.05) is 0 Å². The predicted octanol–water partition coefficient (Wildman–Crippen LogP) is 3.11. The van der Waals surface area contributed by atoms with Gasteiger partial charge < -0.3 is 15.3 Å². The number of hydrogen-bond acceptors (Lipinski definition) is 5. The Labute approximate surface area is 150 Å². The van der Waals surface area contributed by atoms with E-state index in [0.717, 1.165) is 5.57 Å². The molecule has 0 aliphatic heterocycles. The topological polar surface area (TPSA) is 94.8 Å². The molecule has 1 rings (SSSR count). The number of carbonyl (C=O) groups excluding carboxylic acids is 2. The highest BCUT2D eigenvalue weighted by Crippen LogP contribution is 2.44. The van der Waals surface area contributed by atoms with Crippen molar-refractivity contribution in [3.05, 3.63) is 23.0 Å². The van der Waals surface area contributed by atoms with Crippen LogP contribution in [0.15, 0.2) is 23.0 Å². The number of ketones is 2. The van der Waals surface area contributed by atoms with E-state index < -0.39 is 40.9 Å². The predicted molar refractivity (Wildman–Crippen MR) is 97.1 cm³/mol. The number of allylic oxidation sites excluding steroid dienone is 2. The Balaban J connectivity index is 3.34. The van der Waals surface area contributed by atoms with Gasteiger partial charge in [0, 0.05) is 18.3 Å². The highest BCUT2D eigenvalue weighted by Gasteiger charge is 2.58. The first-order chi connectivity index (χ1) is 11.4. The molecule has 0 saturated carbocycles. The molecule has 5 heteroatoms. The fraction of sp³-hybridized carbons (Fsp3) is 0.700. The molecule has 3 N–H and O–H groups in total. The van der Waals surface area contributed by atoms with Gasteiger partial charge >= 0.3 is 0 Å². The van der Waals surface area contributed by atoms with Gasteiger partial charge in [-0.05, 0) is 32.6 Å². The second-order valence-corrected chi connectivity index (χ2v) is 7.97. The first-order valence-corrected chi connectivity index (χ1v) is 8.99. The summed E-state index contributed by atoms with van der Waals surface area (Å²) in [5.41, 5.74) is -1.46. The van der Waals surface area contributed by atoms with Gasteiger partial charge in [-0.15, -0.1) is 0 Å². The van der Waals surface area contributed by atoms with Gasteiger partial charge in [0.25, 0.3) is 0 Å². The molecular formula is C20H32O5. The van der Waals surface area contributed by atoms with Gasteiger partial charge in [-0.2, -0.15) is 0 Å². The van der Waals surface area contributed by atoms with Crippen LogP contribution in [0.1, 0.15) is 60.8 Å². The van der Waals surface area contributed by atoms with Gasteiger partial charge in [0.05, 0.1) is 11.7 Å². The molecule has 3 atom stereocenters. The number of hydrogen-bond donors (Lipinski definition) is 3. The Morgan fingerprint density at radius 2 is 1.76 bits per heavy atom. The third-order valence-electron chi connectivity index (χ3n) is 4.77. The second-order valence-electron chi connectivity index (χ2n) is 7.97. The summed E-state index contributed by atoms with van der Waals surface area (Å²) in [4.78, 5) is 25.1. The average Bonchev–Trinajstić information content (AvgIpc) is 2.69. The van der Waals surface area contributed by atoms with Crippen molar-refractivity contribution < 1.29 is 24.9 Å². The Bertz CT molecular complexity index is 581. The number of aliphatic hydroxyl groups excluding tert-OH is 2. The second kappa shape index (κ2) is 8.28. The summed E-state index contributed by atoms with van der Waals surface area (Å²) in [5.74, 6) is -2.81. The third kappa shape index (κ3) is 4.39.